The van der Waals surface area contributed by atoms with Crippen molar-refractivity contribution in [2.75, 3.05) is 46.1 Å². The van der Waals surface area contributed by atoms with Crippen molar-refractivity contribution >= 4 is 16.9 Å². The van der Waals surface area contributed by atoms with Gasteiger partial charge in [0.25, 0.3) is 5.88 Å². The van der Waals surface area contributed by atoms with Crippen LogP contribution in [0.5, 0.6) is 11.6 Å². The Kier molecular flexibility index (Phi) is 9.13. The molecule has 0 bridgehead atoms. The third-order valence-corrected chi connectivity index (χ3v) is 6.41. The molecule has 0 unspecified atom stereocenters. The molecule has 2 aliphatic heterocycles. The summed E-state index contributed by atoms with van der Waals surface area (Å²) in [6, 6.07) is 4.54. The Balaban J connectivity index is 0.00000216. The van der Waals surface area contributed by atoms with Gasteiger partial charge in [0.2, 0.25) is 0 Å². The summed E-state index contributed by atoms with van der Waals surface area (Å²) in [6.07, 6.45) is -1.79. The minimum atomic E-state index is -4.46. The van der Waals surface area contributed by atoms with Gasteiger partial charge in [0.05, 0.1) is 12.0 Å². The van der Waals surface area contributed by atoms with Crippen molar-refractivity contribution in [3.05, 3.63) is 18.2 Å². The van der Waals surface area contributed by atoms with Crippen molar-refractivity contribution in [1.82, 2.24) is 10.1 Å². The summed E-state index contributed by atoms with van der Waals surface area (Å²) in [7, 11) is 0. The Hall–Kier alpha value is -1.53. The van der Waals surface area contributed by atoms with Crippen LogP contribution in [0, 0.1) is 11.3 Å². The summed E-state index contributed by atoms with van der Waals surface area (Å²) in [4.78, 5) is 14.1. The second kappa shape index (κ2) is 11.5. The molecular weight excluding hydrogens is 468 g/mol. The van der Waals surface area contributed by atoms with E-state index in [4.69, 9.17) is 18.7 Å². The van der Waals surface area contributed by atoms with Gasteiger partial charge in [0.1, 0.15) is 11.1 Å². The fraction of sp³-hybridized carbons (Fsp3) is 0.636. The maximum absolute atomic E-state index is 12.6. The number of fused-ring (bicyclic) bond motifs is 1. The van der Waals surface area contributed by atoms with Crippen LogP contribution in [0.4, 0.5) is 13.2 Å². The van der Waals surface area contributed by atoms with Gasteiger partial charge in [-0.25, -0.2) is 0 Å². The van der Waals surface area contributed by atoms with E-state index in [0.717, 1.165) is 25.9 Å². The van der Waals surface area contributed by atoms with Crippen molar-refractivity contribution < 1.29 is 72.8 Å². The maximum atomic E-state index is 12.6. The van der Waals surface area contributed by atoms with Gasteiger partial charge in [0.15, 0.2) is 12.2 Å². The Morgan fingerprint density at radius 3 is 2.59 bits per heavy atom. The molecule has 1 aromatic heterocycles. The number of carboxylic acids is 1. The van der Waals surface area contributed by atoms with Gasteiger partial charge in [-0.2, -0.15) is 13.2 Å². The average Bonchev–Trinajstić information content (AvgIpc) is 3.21. The van der Waals surface area contributed by atoms with Gasteiger partial charge in [-0.3, -0.25) is 4.79 Å². The van der Waals surface area contributed by atoms with E-state index in [0.29, 0.717) is 39.2 Å². The largest absolute Gasteiger partial charge is 1.00 e. The Morgan fingerprint density at radius 2 is 1.94 bits per heavy atom. The first kappa shape index (κ1) is 27.1. The summed E-state index contributed by atoms with van der Waals surface area (Å²) in [5.41, 5.74) is -0.469. The smallest absolute Gasteiger partial charge is 1.00 e. The molecule has 0 radical (unpaired) electrons. The van der Waals surface area contributed by atoms with Gasteiger partial charge < -0.3 is 30.2 Å². The van der Waals surface area contributed by atoms with E-state index in [1.807, 2.05) is 0 Å². The van der Waals surface area contributed by atoms with Crippen molar-refractivity contribution in [2.24, 2.45) is 11.3 Å². The topological polar surface area (TPSA) is 94.3 Å². The van der Waals surface area contributed by atoms with Gasteiger partial charge in [0, 0.05) is 19.8 Å². The number of carboxylic acid groups (broad SMARTS) is 1. The van der Waals surface area contributed by atoms with Gasteiger partial charge >= 0.3 is 41.7 Å². The number of likely N-dealkylation sites (tertiary alicyclic amines) is 1. The molecule has 12 heteroatoms. The summed E-state index contributed by atoms with van der Waals surface area (Å²) in [5, 5.41) is 13.9. The minimum absolute atomic E-state index is 0. The zero-order valence-electron chi connectivity index (χ0n) is 20.1. The van der Waals surface area contributed by atoms with E-state index < -0.39 is 24.2 Å². The number of carbonyl (C=O) groups is 1. The van der Waals surface area contributed by atoms with Crippen LogP contribution in [0.3, 0.4) is 0 Å². The van der Waals surface area contributed by atoms with E-state index in [1.165, 1.54) is 12.1 Å². The van der Waals surface area contributed by atoms with Crippen molar-refractivity contribution in [3.63, 3.8) is 0 Å². The Morgan fingerprint density at radius 1 is 1.24 bits per heavy atom. The molecule has 0 spiro atoms. The Bertz CT molecular complexity index is 962. The zero-order chi connectivity index (χ0) is 23.5. The number of aliphatic carboxylic acids is 1. The number of ether oxygens (including phenoxy) is 3. The fourth-order valence-electron chi connectivity index (χ4n) is 4.45. The minimum Gasteiger partial charge on any atom is -1.00 e. The predicted octanol–water partition coefficient (Wildman–Crippen LogP) is 0.858. The molecule has 4 rings (SSSR count). The molecular formula is C22H28F3N2NaO6. The van der Waals surface area contributed by atoms with E-state index in [-0.39, 0.29) is 59.5 Å². The van der Waals surface area contributed by atoms with Crippen LogP contribution >= 0.6 is 0 Å². The van der Waals surface area contributed by atoms with Crippen molar-refractivity contribution in [2.45, 2.75) is 31.9 Å². The van der Waals surface area contributed by atoms with Crippen LogP contribution < -0.4 is 39.0 Å². The first-order chi connectivity index (χ1) is 15.8. The number of halogens is 3. The van der Waals surface area contributed by atoms with Crippen LogP contribution in [0.1, 0.15) is 27.1 Å². The number of alkyl halides is 3. The molecule has 0 atom stereocenters. The van der Waals surface area contributed by atoms with E-state index in [1.54, 1.807) is 6.07 Å². The molecule has 2 fully saturated rings. The van der Waals surface area contributed by atoms with Crippen LogP contribution in [0.15, 0.2) is 22.7 Å². The molecule has 1 N–H and O–H groups in total. The fourth-order valence-corrected chi connectivity index (χ4v) is 4.45. The molecule has 0 aliphatic carbocycles. The number of piperidine rings is 1. The SMILES string of the molecule is O=C(O)C1(CN2CCC(COc3noc4cccc(OCC(F)(F)F)c34)CC2)CCOCC1.[H-].[Na+]. The molecule has 34 heavy (non-hydrogen) atoms. The van der Waals surface area contributed by atoms with E-state index in [2.05, 4.69) is 10.1 Å². The molecule has 184 valence electrons. The zero-order valence-corrected chi connectivity index (χ0v) is 21.1. The van der Waals surface area contributed by atoms with Crippen molar-refractivity contribution in [1.29, 1.82) is 0 Å². The third-order valence-electron chi connectivity index (χ3n) is 6.41. The molecule has 2 aromatic rings. The third kappa shape index (κ3) is 6.57. The normalized spacial score (nSPS) is 19.5. The molecule has 3 heterocycles. The Labute approximate surface area is 218 Å². The van der Waals surface area contributed by atoms with Crippen LogP contribution in [0.2, 0.25) is 0 Å². The molecule has 8 nitrogen and oxygen atoms in total. The molecule has 2 saturated heterocycles. The number of rotatable bonds is 8. The number of nitrogens with zero attached hydrogens (tertiary/aromatic N) is 2. The first-order valence-electron chi connectivity index (χ1n) is 11.0. The standard InChI is InChI=1S/C22H27F3N2O6.Na.H/c23-22(24,25)14-32-16-2-1-3-17-18(16)19(26-33-17)31-12-15-4-8-27(9-5-15)13-21(20(28)29)6-10-30-11-7-21;;/h1-3,15H,4-14H2,(H,28,29);;/q;+1;-1. The second-order valence-corrected chi connectivity index (χ2v) is 8.75. The van der Waals surface area contributed by atoms with Gasteiger partial charge in [-0.05, 0) is 62.0 Å². The quantitative estimate of drug-likeness (QED) is 0.538. The molecule has 1 aromatic carbocycles. The van der Waals surface area contributed by atoms with E-state index >= 15 is 0 Å². The molecule has 0 amide bonds. The summed E-state index contributed by atoms with van der Waals surface area (Å²) >= 11 is 0. The van der Waals surface area contributed by atoms with E-state index in [9.17, 15) is 23.1 Å². The van der Waals surface area contributed by atoms with Crippen LogP contribution in [-0.4, -0.2) is 73.4 Å². The van der Waals surface area contributed by atoms with Crippen LogP contribution in [-0.2, 0) is 9.53 Å². The van der Waals surface area contributed by atoms with Crippen molar-refractivity contribution in [3.8, 4) is 11.6 Å². The van der Waals surface area contributed by atoms with Gasteiger partial charge in [-0.15, -0.1) is 0 Å². The summed E-state index contributed by atoms with van der Waals surface area (Å²) < 4.78 is 59.0. The second-order valence-electron chi connectivity index (χ2n) is 8.75. The van der Waals surface area contributed by atoms with Crippen LogP contribution in [0.25, 0.3) is 11.0 Å². The molecule has 0 saturated carbocycles. The summed E-state index contributed by atoms with van der Waals surface area (Å²) in [6.45, 7) is 1.87. The number of hydrogen-bond acceptors (Lipinski definition) is 7. The number of hydrogen-bond donors (Lipinski definition) is 1. The maximum Gasteiger partial charge on any atom is 1.00 e. The monoisotopic (exact) mass is 496 g/mol. The summed E-state index contributed by atoms with van der Waals surface area (Å²) in [5.74, 6) is -0.437. The first-order valence-corrected chi connectivity index (χ1v) is 11.0. The van der Waals surface area contributed by atoms with Gasteiger partial charge in [-0.1, -0.05) is 6.07 Å². The predicted molar refractivity (Wildman–Crippen MR) is 111 cm³/mol. The number of aromatic nitrogens is 1. The number of benzene rings is 1. The average molecular weight is 496 g/mol. The molecule has 2 aliphatic rings.